The molecule has 1 aliphatic rings. The molecule has 0 aliphatic carbocycles. The molecule has 19 heavy (non-hydrogen) atoms. The lowest BCUT2D eigenvalue weighted by molar-refractivity contribution is 0.0143. The third-order valence-electron chi connectivity index (χ3n) is 3.13. The van der Waals surface area contributed by atoms with Crippen LogP contribution >= 0.6 is 11.6 Å². The third-order valence-corrected chi connectivity index (χ3v) is 3.36. The summed E-state index contributed by atoms with van der Waals surface area (Å²) >= 11 is 5.79. The van der Waals surface area contributed by atoms with Crippen LogP contribution in [-0.4, -0.2) is 36.7 Å². The molecule has 1 aromatic carbocycles. The molecule has 6 heteroatoms. The number of anilines is 1. The molecule has 0 spiro atoms. The van der Waals surface area contributed by atoms with E-state index in [0.29, 0.717) is 24.8 Å². The van der Waals surface area contributed by atoms with E-state index in [0.717, 1.165) is 6.42 Å². The minimum atomic E-state index is -0.501. The lowest BCUT2D eigenvalue weighted by Crippen LogP contribution is -2.50. The molecule has 0 bridgehead atoms. The largest absolute Gasteiger partial charge is 0.377 e. The Labute approximate surface area is 116 Å². The number of benzene rings is 1. The molecule has 1 unspecified atom stereocenters. The number of nitrogens with zero attached hydrogens (tertiary/aromatic N) is 1. The van der Waals surface area contributed by atoms with E-state index in [1.54, 1.807) is 4.90 Å². The topological polar surface area (TPSA) is 41.6 Å². The molecule has 1 aliphatic heterocycles. The smallest absolute Gasteiger partial charge is 0.322 e. The first kappa shape index (κ1) is 14.1. The van der Waals surface area contributed by atoms with E-state index >= 15 is 0 Å². The Morgan fingerprint density at radius 2 is 2.42 bits per heavy atom. The Bertz CT molecular complexity index is 470. The van der Waals surface area contributed by atoms with Crippen LogP contribution in [0.25, 0.3) is 0 Å². The summed E-state index contributed by atoms with van der Waals surface area (Å²) in [6.07, 6.45) is 0.797. The van der Waals surface area contributed by atoms with Crippen molar-refractivity contribution in [3.63, 3.8) is 0 Å². The number of ether oxygens (including phenoxy) is 1. The normalized spacial score (nSPS) is 19.3. The van der Waals surface area contributed by atoms with Gasteiger partial charge in [0.05, 0.1) is 24.9 Å². The second-order valence-corrected chi connectivity index (χ2v) is 4.82. The highest BCUT2D eigenvalue weighted by atomic mass is 35.5. The summed E-state index contributed by atoms with van der Waals surface area (Å²) in [6.45, 7) is 3.51. The molecular weight excluding hydrogens is 271 g/mol. The monoisotopic (exact) mass is 286 g/mol. The van der Waals surface area contributed by atoms with Crippen molar-refractivity contribution >= 4 is 23.3 Å². The minimum Gasteiger partial charge on any atom is -0.377 e. The molecular formula is C13H16ClFN2O2. The first-order valence-corrected chi connectivity index (χ1v) is 6.60. The van der Waals surface area contributed by atoms with Crippen LogP contribution in [0.15, 0.2) is 18.2 Å². The van der Waals surface area contributed by atoms with E-state index in [1.807, 2.05) is 6.92 Å². The van der Waals surface area contributed by atoms with Gasteiger partial charge in [-0.05, 0) is 24.6 Å². The molecule has 1 fully saturated rings. The average Bonchev–Trinajstić information content (AvgIpc) is 2.42. The molecule has 4 nitrogen and oxygen atoms in total. The molecule has 2 rings (SSSR count). The SMILES string of the molecule is CCC1COCCN1C(=O)Nc1cc(Cl)ccc1F. The summed E-state index contributed by atoms with van der Waals surface area (Å²) in [5.41, 5.74) is 0.0962. The molecule has 0 aromatic heterocycles. The molecule has 1 atom stereocenters. The maximum absolute atomic E-state index is 13.6. The van der Waals surface area contributed by atoms with Gasteiger partial charge in [0.2, 0.25) is 0 Å². The first-order chi connectivity index (χ1) is 9.11. The average molecular weight is 287 g/mol. The fraction of sp³-hybridized carbons (Fsp3) is 0.462. The van der Waals surface area contributed by atoms with Crippen molar-refractivity contribution in [2.24, 2.45) is 0 Å². The van der Waals surface area contributed by atoms with Crippen LogP contribution in [0.1, 0.15) is 13.3 Å². The lowest BCUT2D eigenvalue weighted by atomic mass is 10.2. The number of morpholine rings is 1. The number of nitrogens with one attached hydrogen (secondary N) is 1. The number of carbonyl (C=O) groups excluding carboxylic acids is 1. The Hall–Kier alpha value is -1.33. The number of halogens is 2. The summed E-state index contributed by atoms with van der Waals surface area (Å²) in [4.78, 5) is 13.8. The van der Waals surface area contributed by atoms with Gasteiger partial charge < -0.3 is 15.0 Å². The zero-order valence-corrected chi connectivity index (χ0v) is 11.4. The second-order valence-electron chi connectivity index (χ2n) is 4.38. The van der Waals surface area contributed by atoms with Gasteiger partial charge in [-0.25, -0.2) is 9.18 Å². The highest BCUT2D eigenvalue weighted by Crippen LogP contribution is 2.21. The van der Waals surface area contributed by atoms with Crippen LogP contribution in [0, 0.1) is 5.82 Å². The molecule has 1 N–H and O–H groups in total. The third kappa shape index (κ3) is 3.36. The zero-order chi connectivity index (χ0) is 13.8. The van der Waals surface area contributed by atoms with Gasteiger partial charge in [-0.1, -0.05) is 18.5 Å². The summed E-state index contributed by atoms with van der Waals surface area (Å²) in [7, 11) is 0. The van der Waals surface area contributed by atoms with Crippen LogP contribution in [0.5, 0.6) is 0 Å². The van der Waals surface area contributed by atoms with Crippen molar-refractivity contribution in [1.29, 1.82) is 0 Å². The highest BCUT2D eigenvalue weighted by Gasteiger charge is 2.26. The van der Waals surface area contributed by atoms with Crippen molar-refractivity contribution < 1.29 is 13.9 Å². The number of rotatable bonds is 2. The number of hydrogen-bond acceptors (Lipinski definition) is 2. The van der Waals surface area contributed by atoms with Crippen LogP contribution < -0.4 is 5.32 Å². The number of amides is 2. The summed E-state index contributed by atoms with van der Waals surface area (Å²) in [6, 6.07) is 3.77. The Morgan fingerprint density at radius 3 is 3.16 bits per heavy atom. The maximum atomic E-state index is 13.6. The Kier molecular flexibility index (Phi) is 4.61. The molecule has 1 heterocycles. The van der Waals surface area contributed by atoms with E-state index in [4.69, 9.17) is 16.3 Å². The van der Waals surface area contributed by atoms with Gasteiger partial charge in [0, 0.05) is 11.6 Å². The van der Waals surface area contributed by atoms with E-state index in [2.05, 4.69) is 5.32 Å². The second kappa shape index (κ2) is 6.21. The number of carbonyl (C=O) groups is 1. The van der Waals surface area contributed by atoms with Crippen LogP contribution in [0.4, 0.5) is 14.9 Å². The van der Waals surface area contributed by atoms with E-state index in [1.165, 1.54) is 18.2 Å². The summed E-state index contributed by atoms with van der Waals surface area (Å²) in [5, 5.41) is 2.94. The van der Waals surface area contributed by atoms with Gasteiger partial charge in [0.15, 0.2) is 0 Å². The Morgan fingerprint density at radius 1 is 1.63 bits per heavy atom. The van der Waals surface area contributed by atoms with Gasteiger partial charge in [-0.15, -0.1) is 0 Å². The fourth-order valence-electron chi connectivity index (χ4n) is 2.04. The molecule has 1 aromatic rings. The van der Waals surface area contributed by atoms with Gasteiger partial charge in [-0.2, -0.15) is 0 Å². The van der Waals surface area contributed by atoms with Crippen LogP contribution in [0.3, 0.4) is 0 Å². The minimum absolute atomic E-state index is 0.0241. The highest BCUT2D eigenvalue weighted by molar-refractivity contribution is 6.30. The lowest BCUT2D eigenvalue weighted by Gasteiger charge is -2.35. The van der Waals surface area contributed by atoms with Crippen molar-refractivity contribution in [3.8, 4) is 0 Å². The quantitative estimate of drug-likeness (QED) is 0.907. The van der Waals surface area contributed by atoms with E-state index < -0.39 is 5.82 Å². The van der Waals surface area contributed by atoms with Crippen LogP contribution in [-0.2, 0) is 4.74 Å². The van der Waals surface area contributed by atoms with Crippen molar-refractivity contribution in [1.82, 2.24) is 4.90 Å². The first-order valence-electron chi connectivity index (χ1n) is 6.22. The molecule has 0 radical (unpaired) electrons. The van der Waals surface area contributed by atoms with E-state index in [-0.39, 0.29) is 17.8 Å². The predicted molar refractivity (Wildman–Crippen MR) is 72.0 cm³/mol. The number of urea groups is 1. The number of hydrogen-bond donors (Lipinski definition) is 1. The maximum Gasteiger partial charge on any atom is 0.322 e. The van der Waals surface area contributed by atoms with Crippen molar-refractivity contribution in [2.75, 3.05) is 25.1 Å². The van der Waals surface area contributed by atoms with Crippen molar-refractivity contribution in [2.45, 2.75) is 19.4 Å². The standard InChI is InChI=1S/C13H16ClFN2O2/c1-2-10-8-19-6-5-17(10)13(18)16-12-7-9(14)3-4-11(12)15/h3-4,7,10H,2,5-6,8H2,1H3,(H,16,18). The van der Waals surface area contributed by atoms with Gasteiger partial charge >= 0.3 is 6.03 Å². The molecule has 0 saturated carbocycles. The van der Waals surface area contributed by atoms with Gasteiger partial charge in [-0.3, -0.25) is 0 Å². The fourth-order valence-corrected chi connectivity index (χ4v) is 2.21. The van der Waals surface area contributed by atoms with Gasteiger partial charge in [0.1, 0.15) is 5.82 Å². The summed E-state index contributed by atoms with van der Waals surface area (Å²) in [5.74, 6) is -0.501. The van der Waals surface area contributed by atoms with E-state index in [9.17, 15) is 9.18 Å². The molecule has 1 saturated heterocycles. The zero-order valence-electron chi connectivity index (χ0n) is 10.7. The molecule has 2 amide bonds. The van der Waals surface area contributed by atoms with Crippen molar-refractivity contribution in [3.05, 3.63) is 29.0 Å². The van der Waals surface area contributed by atoms with Gasteiger partial charge in [0.25, 0.3) is 0 Å². The Balaban J connectivity index is 2.09. The van der Waals surface area contributed by atoms with Crippen LogP contribution in [0.2, 0.25) is 5.02 Å². The summed E-state index contributed by atoms with van der Waals surface area (Å²) < 4.78 is 18.9. The molecule has 104 valence electrons. The predicted octanol–water partition coefficient (Wildman–Crippen LogP) is 3.12.